The number of benzene rings is 1. The second kappa shape index (κ2) is 7.62. The summed E-state index contributed by atoms with van der Waals surface area (Å²) in [5.74, 6) is -0.955. The predicted molar refractivity (Wildman–Crippen MR) is 90.4 cm³/mol. The number of piperidine rings is 1. The first-order valence-corrected chi connectivity index (χ1v) is 8.52. The van der Waals surface area contributed by atoms with E-state index in [-0.39, 0.29) is 17.9 Å². The van der Waals surface area contributed by atoms with Gasteiger partial charge >= 0.3 is 5.97 Å². The average molecular weight is 317 g/mol. The van der Waals surface area contributed by atoms with Gasteiger partial charge in [-0.3, -0.25) is 9.59 Å². The summed E-state index contributed by atoms with van der Waals surface area (Å²) in [4.78, 5) is 25.8. The number of carbonyl (C=O) groups excluding carboxylic acids is 1. The highest BCUT2D eigenvalue weighted by Gasteiger charge is 2.35. The van der Waals surface area contributed by atoms with E-state index < -0.39 is 11.9 Å². The largest absolute Gasteiger partial charge is 0.481 e. The third kappa shape index (κ3) is 4.12. The molecule has 1 N–H and O–H groups in total. The van der Waals surface area contributed by atoms with E-state index in [9.17, 15) is 14.7 Å². The maximum Gasteiger partial charge on any atom is 0.308 e. The monoisotopic (exact) mass is 317 g/mol. The number of nitrogens with zero attached hydrogens (tertiary/aromatic N) is 1. The normalized spacial score (nSPS) is 22.7. The molecule has 0 aromatic heterocycles. The third-order valence-electron chi connectivity index (χ3n) is 5.09. The number of amides is 1. The lowest BCUT2D eigenvalue weighted by atomic mass is 9.88. The fourth-order valence-corrected chi connectivity index (χ4v) is 3.49. The first kappa shape index (κ1) is 17.5. The van der Waals surface area contributed by atoms with Crippen molar-refractivity contribution in [3.8, 4) is 0 Å². The number of aliphatic carboxylic acids is 1. The smallest absolute Gasteiger partial charge is 0.308 e. The molecule has 0 radical (unpaired) electrons. The molecule has 1 unspecified atom stereocenters. The number of carboxylic acids is 1. The lowest BCUT2D eigenvalue weighted by molar-refractivity contribution is -0.149. The van der Waals surface area contributed by atoms with Crippen molar-refractivity contribution in [3.63, 3.8) is 0 Å². The zero-order valence-corrected chi connectivity index (χ0v) is 14.3. The van der Waals surface area contributed by atoms with Crippen molar-refractivity contribution < 1.29 is 14.7 Å². The molecule has 0 aliphatic carbocycles. The quantitative estimate of drug-likeness (QED) is 0.903. The van der Waals surface area contributed by atoms with Gasteiger partial charge in [-0.05, 0) is 44.6 Å². The van der Waals surface area contributed by atoms with E-state index in [0.29, 0.717) is 19.4 Å². The molecular weight excluding hydrogens is 290 g/mol. The van der Waals surface area contributed by atoms with Gasteiger partial charge in [0.1, 0.15) is 0 Å². The molecule has 1 aromatic carbocycles. The Balaban J connectivity index is 2.07. The van der Waals surface area contributed by atoms with Crippen LogP contribution in [0.4, 0.5) is 0 Å². The molecule has 4 nitrogen and oxygen atoms in total. The first-order valence-electron chi connectivity index (χ1n) is 8.52. The molecule has 1 fully saturated rings. The van der Waals surface area contributed by atoms with Crippen LogP contribution < -0.4 is 0 Å². The van der Waals surface area contributed by atoms with Gasteiger partial charge in [-0.2, -0.15) is 0 Å². The van der Waals surface area contributed by atoms with Crippen LogP contribution in [0.25, 0.3) is 0 Å². The van der Waals surface area contributed by atoms with Gasteiger partial charge in [-0.1, -0.05) is 36.8 Å². The summed E-state index contributed by atoms with van der Waals surface area (Å²) in [6, 6.07) is 8.12. The Morgan fingerprint density at radius 1 is 1.30 bits per heavy atom. The van der Waals surface area contributed by atoms with Gasteiger partial charge in [-0.25, -0.2) is 0 Å². The van der Waals surface area contributed by atoms with E-state index >= 15 is 0 Å². The summed E-state index contributed by atoms with van der Waals surface area (Å²) >= 11 is 0. The van der Waals surface area contributed by atoms with E-state index in [2.05, 4.69) is 38.1 Å². The van der Waals surface area contributed by atoms with Crippen LogP contribution in [0.15, 0.2) is 24.3 Å². The van der Waals surface area contributed by atoms with Gasteiger partial charge in [0.05, 0.1) is 5.92 Å². The molecule has 4 heteroatoms. The van der Waals surface area contributed by atoms with Crippen molar-refractivity contribution in [2.45, 2.75) is 58.4 Å². The van der Waals surface area contributed by atoms with Gasteiger partial charge in [0.15, 0.2) is 0 Å². The van der Waals surface area contributed by atoms with Crippen molar-refractivity contribution in [1.82, 2.24) is 4.90 Å². The van der Waals surface area contributed by atoms with Gasteiger partial charge in [0.2, 0.25) is 5.91 Å². The number of aryl methyl sites for hydroxylation is 1. The standard InChI is InChI=1S/C19H27NO3/c1-4-15(16-9-7-13(2)8-10-16)12-18(21)20-11-5-6-17(14(20)3)19(22)23/h7-10,14-15,17H,4-6,11-12H2,1-3H3,(H,22,23)/t14-,15?,17-/m0/s1. The van der Waals surface area contributed by atoms with Crippen LogP contribution in [-0.2, 0) is 9.59 Å². The number of carboxylic acid groups (broad SMARTS) is 1. The topological polar surface area (TPSA) is 57.6 Å². The Morgan fingerprint density at radius 2 is 1.96 bits per heavy atom. The summed E-state index contributed by atoms with van der Waals surface area (Å²) in [6.07, 6.45) is 2.79. The van der Waals surface area contributed by atoms with Crippen molar-refractivity contribution in [3.05, 3.63) is 35.4 Å². The van der Waals surface area contributed by atoms with Crippen LogP contribution in [0.2, 0.25) is 0 Å². The second-order valence-electron chi connectivity index (χ2n) is 6.63. The second-order valence-corrected chi connectivity index (χ2v) is 6.63. The molecule has 1 aliphatic rings. The molecule has 23 heavy (non-hydrogen) atoms. The van der Waals surface area contributed by atoms with Gasteiger partial charge < -0.3 is 10.0 Å². The third-order valence-corrected chi connectivity index (χ3v) is 5.09. The molecule has 1 aliphatic heterocycles. The number of hydrogen-bond acceptors (Lipinski definition) is 2. The minimum absolute atomic E-state index is 0.0795. The predicted octanol–water partition coefficient (Wildman–Crippen LogP) is 3.59. The molecular formula is C19H27NO3. The molecule has 0 bridgehead atoms. The highest BCUT2D eigenvalue weighted by Crippen LogP contribution is 2.28. The Bertz CT molecular complexity index is 552. The van der Waals surface area contributed by atoms with Crippen LogP contribution >= 0.6 is 0 Å². The maximum atomic E-state index is 12.7. The number of carbonyl (C=O) groups is 2. The molecule has 1 heterocycles. The van der Waals surface area contributed by atoms with Crippen LogP contribution in [0.1, 0.15) is 56.6 Å². The summed E-state index contributed by atoms with van der Waals surface area (Å²) in [7, 11) is 0. The lowest BCUT2D eigenvalue weighted by Gasteiger charge is -2.38. The van der Waals surface area contributed by atoms with Gasteiger partial charge in [0.25, 0.3) is 0 Å². The zero-order valence-electron chi connectivity index (χ0n) is 14.3. The van der Waals surface area contributed by atoms with Crippen molar-refractivity contribution in [1.29, 1.82) is 0 Å². The number of hydrogen-bond donors (Lipinski definition) is 1. The first-order chi connectivity index (χ1) is 10.9. The van der Waals surface area contributed by atoms with Crippen molar-refractivity contribution in [2.75, 3.05) is 6.54 Å². The SMILES string of the molecule is CCC(CC(=O)N1CCC[C@H](C(=O)O)[C@@H]1C)c1ccc(C)cc1. The molecule has 0 saturated carbocycles. The van der Waals surface area contributed by atoms with Crippen LogP contribution in [0.5, 0.6) is 0 Å². The molecule has 2 rings (SSSR count). The van der Waals surface area contributed by atoms with E-state index in [1.807, 2.05) is 6.92 Å². The number of likely N-dealkylation sites (tertiary alicyclic amines) is 1. The lowest BCUT2D eigenvalue weighted by Crippen LogP contribution is -2.49. The van der Waals surface area contributed by atoms with Gasteiger partial charge in [0, 0.05) is 19.0 Å². The van der Waals surface area contributed by atoms with Crippen molar-refractivity contribution >= 4 is 11.9 Å². The number of rotatable bonds is 5. The molecule has 126 valence electrons. The van der Waals surface area contributed by atoms with Crippen LogP contribution in [0.3, 0.4) is 0 Å². The van der Waals surface area contributed by atoms with E-state index in [4.69, 9.17) is 0 Å². The van der Waals surface area contributed by atoms with Crippen LogP contribution in [0, 0.1) is 12.8 Å². The molecule has 0 spiro atoms. The van der Waals surface area contributed by atoms with E-state index in [1.54, 1.807) is 4.90 Å². The molecule has 3 atom stereocenters. The van der Waals surface area contributed by atoms with Crippen LogP contribution in [-0.4, -0.2) is 34.5 Å². The van der Waals surface area contributed by atoms with E-state index in [1.165, 1.54) is 11.1 Å². The maximum absolute atomic E-state index is 12.7. The highest BCUT2D eigenvalue weighted by molar-refractivity contribution is 5.79. The average Bonchev–Trinajstić information content (AvgIpc) is 2.53. The Morgan fingerprint density at radius 3 is 2.52 bits per heavy atom. The van der Waals surface area contributed by atoms with E-state index in [0.717, 1.165) is 12.8 Å². The minimum Gasteiger partial charge on any atom is -0.481 e. The minimum atomic E-state index is -0.791. The summed E-state index contributed by atoms with van der Waals surface area (Å²) < 4.78 is 0. The summed E-state index contributed by atoms with van der Waals surface area (Å²) in [6.45, 7) is 6.69. The Labute approximate surface area is 138 Å². The van der Waals surface area contributed by atoms with Crippen molar-refractivity contribution in [2.24, 2.45) is 5.92 Å². The fourth-order valence-electron chi connectivity index (χ4n) is 3.49. The highest BCUT2D eigenvalue weighted by atomic mass is 16.4. The molecule has 1 aromatic rings. The fraction of sp³-hybridized carbons (Fsp3) is 0.579. The zero-order chi connectivity index (χ0) is 17.0. The Hall–Kier alpha value is -1.84. The molecule has 1 amide bonds. The summed E-state index contributed by atoms with van der Waals surface area (Å²) in [5.41, 5.74) is 2.40. The van der Waals surface area contributed by atoms with Gasteiger partial charge in [-0.15, -0.1) is 0 Å². The molecule has 1 saturated heterocycles. The summed E-state index contributed by atoms with van der Waals surface area (Å²) in [5, 5.41) is 9.30. The Kier molecular flexibility index (Phi) is 5.80.